The van der Waals surface area contributed by atoms with E-state index in [1.54, 1.807) is 38.1 Å². The molecule has 0 bridgehead atoms. The summed E-state index contributed by atoms with van der Waals surface area (Å²) in [6, 6.07) is 16.3. The number of carbonyl (C=O) groups excluding carboxylic acids is 2. The van der Waals surface area contributed by atoms with Crippen LogP contribution in [0.15, 0.2) is 65.9 Å². The van der Waals surface area contributed by atoms with Crippen LogP contribution in [0, 0.1) is 0 Å². The highest BCUT2D eigenvalue weighted by atomic mass is 31.1. The van der Waals surface area contributed by atoms with Gasteiger partial charge in [0.2, 0.25) is 0 Å². The molecule has 0 saturated carbocycles. The Labute approximate surface area is 243 Å². The van der Waals surface area contributed by atoms with Crippen molar-refractivity contribution in [3.63, 3.8) is 0 Å². The van der Waals surface area contributed by atoms with Gasteiger partial charge < -0.3 is 23.8 Å². The fourth-order valence-electron chi connectivity index (χ4n) is 4.47. The molecular weight excluding hydrogens is 565 g/mol. The minimum Gasteiger partial charge on any atom is -0.408 e. The number of aliphatic imine (C=N–C) groups is 1. The highest BCUT2D eigenvalue weighted by Crippen LogP contribution is 2.31. The first-order valence-corrected chi connectivity index (χ1v) is 14.2. The van der Waals surface area contributed by atoms with Crippen LogP contribution in [0.4, 0.5) is 5.82 Å². The number of benzene rings is 2. The molecule has 1 aromatic heterocycles. The maximum absolute atomic E-state index is 12.9. The summed E-state index contributed by atoms with van der Waals surface area (Å²) >= 11 is 0. The van der Waals surface area contributed by atoms with Crippen molar-refractivity contribution >= 4 is 32.4 Å². The number of carbonyl (C=O) groups is 2. The Bertz CT molecular complexity index is 1410. The molecule has 2 aliphatic heterocycles. The molecule has 3 heterocycles. The molecule has 2 aliphatic rings. The van der Waals surface area contributed by atoms with Gasteiger partial charge in [-0.1, -0.05) is 42.5 Å². The van der Waals surface area contributed by atoms with Gasteiger partial charge in [-0.15, -0.1) is 0 Å². The van der Waals surface area contributed by atoms with Crippen molar-refractivity contribution in [2.24, 2.45) is 4.99 Å². The highest BCUT2D eigenvalue weighted by Gasteiger charge is 2.41. The van der Waals surface area contributed by atoms with Gasteiger partial charge >= 0.3 is 5.71 Å². The third-order valence-electron chi connectivity index (χ3n) is 6.34. The average molecular weight is 596 g/mol. The molecule has 13 nitrogen and oxygen atoms in total. The molecule has 0 N–H and O–H groups in total. The molecule has 1 atom stereocenters. The van der Waals surface area contributed by atoms with E-state index < -0.39 is 32.1 Å². The van der Waals surface area contributed by atoms with Crippen molar-refractivity contribution in [3.8, 4) is 0 Å². The number of hydrazine groups is 1. The van der Waals surface area contributed by atoms with E-state index in [1.807, 2.05) is 30.3 Å². The Kier molecular flexibility index (Phi) is 9.35. The molecule has 42 heavy (non-hydrogen) atoms. The Hall–Kier alpha value is -4.00. The highest BCUT2D eigenvalue weighted by molar-refractivity contribution is 7.25. The molecule has 2 aromatic carbocycles. The number of imide groups is 1. The number of hydrogen-bond donors (Lipinski definition) is 0. The molecule has 1 unspecified atom stereocenters. The number of amides is 2. The lowest BCUT2D eigenvalue weighted by Gasteiger charge is -2.30. The molecular formula is C28H30N5O8P. The van der Waals surface area contributed by atoms with Crippen molar-refractivity contribution in [2.75, 3.05) is 26.4 Å². The van der Waals surface area contributed by atoms with Crippen LogP contribution >= 0.6 is 8.46 Å². The van der Waals surface area contributed by atoms with Crippen molar-refractivity contribution in [1.29, 1.82) is 0 Å². The molecule has 0 fully saturated rings. The quantitative estimate of drug-likeness (QED) is 0.146. The Morgan fingerprint density at radius 1 is 0.952 bits per heavy atom. The van der Waals surface area contributed by atoms with Crippen LogP contribution in [0.3, 0.4) is 0 Å². The minimum absolute atomic E-state index is 0.0628. The smallest absolute Gasteiger partial charge is 0.369 e. The summed E-state index contributed by atoms with van der Waals surface area (Å²) < 4.78 is 36.4. The summed E-state index contributed by atoms with van der Waals surface area (Å²) in [6.07, 6.45) is 2.04. The Balaban J connectivity index is 1.27. The van der Waals surface area contributed by atoms with E-state index in [-0.39, 0.29) is 33.0 Å². The van der Waals surface area contributed by atoms with Crippen molar-refractivity contribution in [3.05, 3.63) is 83.3 Å². The van der Waals surface area contributed by atoms with Gasteiger partial charge in [-0.25, -0.2) is 9.98 Å². The Morgan fingerprint density at radius 3 is 2.26 bits per heavy atom. The van der Waals surface area contributed by atoms with E-state index in [0.717, 1.165) is 10.6 Å². The molecule has 0 aliphatic carbocycles. The first kappa shape index (κ1) is 29.5. The van der Waals surface area contributed by atoms with E-state index in [1.165, 1.54) is 22.4 Å². The fraction of sp³-hybridized carbons (Fsp3) is 0.357. The number of imidazole rings is 1. The second-order valence-electron chi connectivity index (χ2n) is 9.17. The summed E-state index contributed by atoms with van der Waals surface area (Å²) in [6.45, 7) is 4.31. The van der Waals surface area contributed by atoms with Crippen LogP contribution in [0.5, 0.6) is 0 Å². The standard InChI is InChI=1S/C28H30N5O8P/c1-3-38-28(42-36,39-4-2)41-21(16-37-15-20-10-6-5-7-11-20)17-40-32-19-29-24-14-31(18-30-25(24)32)33-26(34)22-12-8-9-13-23(22)27(33)35/h5-13,18-19,21H,3-4,14-17H2,1-2H3. The summed E-state index contributed by atoms with van der Waals surface area (Å²) in [5, 5.41) is 2.47. The lowest BCUT2D eigenvalue weighted by atomic mass is 10.1. The second-order valence-corrected chi connectivity index (χ2v) is 9.90. The van der Waals surface area contributed by atoms with Crippen LogP contribution in [0.1, 0.15) is 45.8 Å². The van der Waals surface area contributed by atoms with Gasteiger partial charge in [-0.2, -0.15) is 9.74 Å². The maximum Gasteiger partial charge on any atom is 0.369 e. The number of fused-ring (bicyclic) bond motifs is 2. The predicted octanol–water partition coefficient (Wildman–Crippen LogP) is 3.58. The molecule has 3 aromatic rings. The maximum atomic E-state index is 12.9. The predicted molar refractivity (Wildman–Crippen MR) is 149 cm³/mol. The van der Waals surface area contributed by atoms with Crippen LogP contribution in [0.25, 0.3) is 0 Å². The first-order chi connectivity index (χ1) is 20.5. The van der Waals surface area contributed by atoms with Crippen molar-refractivity contribution in [2.45, 2.75) is 38.8 Å². The molecule has 0 saturated heterocycles. The lowest BCUT2D eigenvalue weighted by molar-refractivity contribution is -0.340. The third-order valence-corrected chi connectivity index (χ3v) is 6.92. The summed E-state index contributed by atoms with van der Waals surface area (Å²) in [4.78, 5) is 40.5. The van der Waals surface area contributed by atoms with Crippen molar-refractivity contribution in [1.82, 2.24) is 19.7 Å². The van der Waals surface area contributed by atoms with E-state index >= 15 is 0 Å². The number of aromatic nitrogens is 2. The minimum atomic E-state index is -1.83. The largest absolute Gasteiger partial charge is 0.408 e. The van der Waals surface area contributed by atoms with E-state index in [9.17, 15) is 14.2 Å². The van der Waals surface area contributed by atoms with E-state index in [2.05, 4.69) is 9.98 Å². The number of nitrogens with zero attached hydrogens (tertiary/aromatic N) is 5. The molecule has 0 spiro atoms. The lowest BCUT2D eigenvalue weighted by Crippen LogP contribution is -2.46. The van der Waals surface area contributed by atoms with Gasteiger partial charge in [0.25, 0.3) is 20.3 Å². The van der Waals surface area contributed by atoms with Gasteiger partial charge in [-0.05, 0) is 31.5 Å². The van der Waals surface area contributed by atoms with Gasteiger partial charge in [0.15, 0.2) is 5.82 Å². The first-order valence-electron chi connectivity index (χ1n) is 13.4. The van der Waals surface area contributed by atoms with Gasteiger partial charge in [-0.3, -0.25) is 19.2 Å². The SMILES string of the molecule is CCOC(OCC)(OC(COCc1ccccc1)COn1cnc2c1N=CN(N1C(=O)c3ccccc3C1=O)C2)P=O. The zero-order valence-electron chi connectivity index (χ0n) is 23.1. The van der Waals surface area contributed by atoms with Crippen LogP contribution in [-0.4, -0.2) is 76.1 Å². The van der Waals surface area contributed by atoms with Crippen LogP contribution in [-0.2, 0) is 36.7 Å². The van der Waals surface area contributed by atoms with Gasteiger partial charge in [0.1, 0.15) is 31.1 Å². The normalized spacial score (nSPS) is 15.3. The fourth-order valence-corrected chi connectivity index (χ4v) is 5.02. The van der Waals surface area contributed by atoms with Crippen LogP contribution < -0.4 is 4.84 Å². The molecule has 0 radical (unpaired) electrons. The van der Waals surface area contributed by atoms with Crippen LogP contribution in [0.2, 0.25) is 0 Å². The monoisotopic (exact) mass is 595 g/mol. The Morgan fingerprint density at radius 2 is 1.62 bits per heavy atom. The molecule has 220 valence electrons. The van der Waals surface area contributed by atoms with E-state index in [4.69, 9.17) is 23.8 Å². The van der Waals surface area contributed by atoms with Crippen molar-refractivity contribution < 1.29 is 37.9 Å². The van der Waals surface area contributed by atoms with Gasteiger partial charge in [0, 0.05) is 0 Å². The summed E-state index contributed by atoms with van der Waals surface area (Å²) in [5.74, 6) is -0.475. The summed E-state index contributed by atoms with van der Waals surface area (Å²) in [5.41, 5.74) is 0.309. The third kappa shape index (κ3) is 6.25. The zero-order valence-corrected chi connectivity index (χ0v) is 24.0. The number of ether oxygens (including phenoxy) is 4. The number of hydrogen-bond acceptors (Lipinski definition) is 11. The number of rotatable bonds is 15. The molecule has 14 heteroatoms. The average Bonchev–Trinajstić information content (AvgIpc) is 3.53. The molecule has 2 amide bonds. The topological polar surface area (TPSA) is 134 Å². The van der Waals surface area contributed by atoms with Gasteiger partial charge in [0.05, 0.1) is 44.1 Å². The second kappa shape index (κ2) is 13.3. The van der Waals surface area contributed by atoms with E-state index in [0.29, 0.717) is 29.2 Å². The summed E-state index contributed by atoms with van der Waals surface area (Å²) in [7, 11) is -0.512. The zero-order chi connectivity index (χ0) is 29.5. The molecule has 5 rings (SSSR count).